The Kier molecular flexibility index (Phi) is 4.63. The maximum atomic E-state index is 11.0. The van der Waals surface area contributed by atoms with E-state index in [0.717, 1.165) is 5.69 Å². The second kappa shape index (κ2) is 6.03. The molecule has 0 fully saturated rings. The lowest BCUT2D eigenvalue weighted by Crippen LogP contribution is -2.13. The van der Waals surface area contributed by atoms with Crippen molar-refractivity contribution in [1.82, 2.24) is 0 Å². The molecule has 0 unspecified atom stereocenters. The highest BCUT2D eigenvalue weighted by Gasteiger charge is 2.08. The molecule has 5 heteroatoms. The van der Waals surface area contributed by atoms with Gasteiger partial charge in [-0.1, -0.05) is 29.8 Å². The van der Waals surface area contributed by atoms with E-state index in [4.69, 9.17) is 11.6 Å². The van der Waals surface area contributed by atoms with Gasteiger partial charge in [-0.2, -0.15) is 5.10 Å². The number of para-hydroxylation sites is 1. The molecule has 0 saturated heterocycles. The monoisotopic (exact) mass is 226 g/mol. The number of hydrazone groups is 1. The van der Waals surface area contributed by atoms with Crippen molar-refractivity contribution in [3.63, 3.8) is 0 Å². The van der Waals surface area contributed by atoms with E-state index in [2.05, 4.69) is 15.3 Å². The number of esters is 1. The first kappa shape index (κ1) is 11.5. The first-order valence-corrected chi connectivity index (χ1v) is 4.83. The third kappa shape index (κ3) is 3.99. The number of hydrogen-bond donors (Lipinski definition) is 1. The minimum absolute atomic E-state index is 0.222. The molecule has 4 nitrogen and oxygen atoms in total. The number of benzene rings is 1. The first-order valence-electron chi connectivity index (χ1n) is 4.45. The van der Waals surface area contributed by atoms with Gasteiger partial charge in [-0.05, 0) is 19.1 Å². The van der Waals surface area contributed by atoms with E-state index in [0.29, 0.717) is 0 Å². The first-order chi connectivity index (χ1) is 7.24. The van der Waals surface area contributed by atoms with Gasteiger partial charge in [0.2, 0.25) is 5.17 Å². The smallest absolute Gasteiger partial charge is 0.370 e. The Morgan fingerprint density at radius 2 is 2.13 bits per heavy atom. The topological polar surface area (TPSA) is 50.7 Å². The van der Waals surface area contributed by atoms with Gasteiger partial charge in [0.25, 0.3) is 0 Å². The minimum atomic E-state index is -0.636. The zero-order valence-corrected chi connectivity index (χ0v) is 8.99. The van der Waals surface area contributed by atoms with Crippen LogP contribution in [-0.2, 0) is 9.53 Å². The van der Waals surface area contributed by atoms with Crippen molar-refractivity contribution in [1.29, 1.82) is 0 Å². The Bertz CT molecular complexity index is 352. The third-order valence-corrected chi connectivity index (χ3v) is 1.74. The van der Waals surface area contributed by atoms with Gasteiger partial charge in [0.15, 0.2) is 0 Å². The molecule has 0 aliphatic heterocycles. The van der Waals surface area contributed by atoms with Gasteiger partial charge in [0, 0.05) is 0 Å². The van der Waals surface area contributed by atoms with Crippen LogP contribution < -0.4 is 5.43 Å². The molecule has 1 rings (SSSR count). The summed E-state index contributed by atoms with van der Waals surface area (Å²) in [5, 5.41) is 3.45. The molecule has 1 aromatic carbocycles. The number of hydrogen-bond acceptors (Lipinski definition) is 4. The lowest BCUT2D eigenvalue weighted by atomic mass is 10.3. The molecule has 80 valence electrons. The minimum Gasteiger partial charge on any atom is -0.461 e. The van der Waals surface area contributed by atoms with Gasteiger partial charge in [-0.3, -0.25) is 5.43 Å². The number of ether oxygens (including phenoxy) is 1. The molecule has 0 bridgehead atoms. The van der Waals surface area contributed by atoms with Crippen LogP contribution in [0.25, 0.3) is 0 Å². The van der Waals surface area contributed by atoms with Crippen LogP contribution in [0.4, 0.5) is 5.69 Å². The van der Waals surface area contributed by atoms with Crippen molar-refractivity contribution >= 4 is 28.4 Å². The van der Waals surface area contributed by atoms with Crippen molar-refractivity contribution in [3.05, 3.63) is 30.3 Å². The molecule has 1 aromatic rings. The van der Waals surface area contributed by atoms with Gasteiger partial charge in [0.05, 0.1) is 12.3 Å². The predicted octanol–water partition coefficient (Wildman–Crippen LogP) is 2.21. The fourth-order valence-electron chi connectivity index (χ4n) is 0.863. The molecule has 0 aliphatic rings. The van der Waals surface area contributed by atoms with Crippen LogP contribution in [0.15, 0.2) is 35.4 Å². The highest BCUT2D eigenvalue weighted by molar-refractivity contribution is 6.82. The van der Waals surface area contributed by atoms with Crippen LogP contribution >= 0.6 is 11.6 Å². The Morgan fingerprint density at radius 3 is 2.73 bits per heavy atom. The zero-order valence-electron chi connectivity index (χ0n) is 8.24. The molecule has 1 N–H and O–H groups in total. The summed E-state index contributed by atoms with van der Waals surface area (Å²) < 4.78 is 4.65. The summed E-state index contributed by atoms with van der Waals surface area (Å²) in [4.78, 5) is 11.0. The lowest BCUT2D eigenvalue weighted by molar-refractivity contribution is -0.134. The predicted molar refractivity (Wildman–Crippen MR) is 60.0 cm³/mol. The number of carbonyl (C=O) groups excluding carboxylic acids is 1. The fraction of sp³-hybridized carbons (Fsp3) is 0.200. The maximum absolute atomic E-state index is 11.0. The van der Waals surface area contributed by atoms with Gasteiger partial charge in [-0.25, -0.2) is 4.79 Å². The Morgan fingerprint density at radius 1 is 1.47 bits per heavy atom. The van der Waals surface area contributed by atoms with Crippen molar-refractivity contribution in [3.8, 4) is 0 Å². The standard InChI is InChI=1S/C10H11ClN2O2/c1-2-15-10(14)9(11)13-12-8-6-4-3-5-7-8/h3-7,12H,2H2,1H3/b13-9+. The molecule has 0 aromatic heterocycles. The number of halogens is 1. The van der Waals surface area contributed by atoms with E-state index in [9.17, 15) is 4.79 Å². The number of nitrogens with one attached hydrogen (secondary N) is 1. The second-order valence-electron chi connectivity index (χ2n) is 2.60. The summed E-state index contributed by atoms with van der Waals surface area (Å²) >= 11 is 5.57. The normalized spacial score (nSPS) is 10.9. The average Bonchev–Trinajstić information content (AvgIpc) is 2.27. The van der Waals surface area contributed by atoms with Crippen LogP contribution in [0.2, 0.25) is 0 Å². The van der Waals surface area contributed by atoms with E-state index in [1.54, 1.807) is 19.1 Å². The largest absolute Gasteiger partial charge is 0.461 e. The van der Waals surface area contributed by atoms with E-state index in [-0.39, 0.29) is 11.8 Å². The average molecular weight is 227 g/mol. The van der Waals surface area contributed by atoms with Crippen molar-refractivity contribution in [2.45, 2.75) is 6.92 Å². The number of rotatable bonds is 4. The lowest BCUT2D eigenvalue weighted by Gasteiger charge is -2.01. The summed E-state index contributed by atoms with van der Waals surface area (Å²) in [5.41, 5.74) is 3.39. The summed E-state index contributed by atoms with van der Waals surface area (Å²) in [6.07, 6.45) is 0. The van der Waals surface area contributed by atoms with Crippen LogP contribution in [-0.4, -0.2) is 17.7 Å². The Balaban J connectivity index is 2.54. The summed E-state index contributed by atoms with van der Waals surface area (Å²) in [5.74, 6) is -0.636. The van der Waals surface area contributed by atoms with Crippen LogP contribution in [0, 0.1) is 0 Å². The molecule has 0 saturated carbocycles. The molecule has 0 atom stereocenters. The van der Waals surface area contributed by atoms with Gasteiger partial charge in [0.1, 0.15) is 0 Å². The molecule has 0 radical (unpaired) electrons. The summed E-state index contributed by atoms with van der Waals surface area (Å²) in [6.45, 7) is 1.97. The van der Waals surface area contributed by atoms with Gasteiger partial charge >= 0.3 is 5.97 Å². The van der Waals surface area contributed by atoms with E-state index in [1.165, 1.54) is 0 Å². The third-order valence-electron chi connectivity index (χ3n) is 1.50. The van der Waals surface area contributed by atoms with E-state index < -0.39 is 5.97 Å². The maximum Gasteiger partial charge on any atom is 0.370 e. The summed E-state index contributed by atoms with van der Waals surface area (Å²) in [7, 11) is 0. The van der Waals surface area contributed by atoms with Crippen LogP contribution in [0.1, 0.15) is 6.92 Å². The zero-order chi connectivity index (χ0) is 11.1. The molecule has 0 amide bonds. The molecular weight excluding hydrogens is 216 g/mol. The van der Waals surface area contributed by atoms with Gasteiger partial charge in [-0.15, -0.1) is 0 Å². The van der Waals surface area contributed by atoms with Crippen molar-refractivity contribution in [2.24, 2.45) is 5.10 Å². The Hall–Kier alpha value is -1.55. The number of nitrogens with zero attached hydrogens (tertiary/aromatic N) is 1. The van der Waals surface area contributed by atoms with Crippen molar-refractivity contribution in [2.75, 3.05) is 12.0 Å². The highest BCUT2D eigenvalue weighted by atomic mass is 35.5. The van der Waals surface area contributed by atoms with Crippen molar-refractivity contribution < 1.29 is 9.53 Å². The quantitative estimate of drug-likeness (QED) is 0.487. The van der Waals surface area contributed by atoms with E-state index >= 15 is 0 Å². The molecule has 0 heterocycles. The molecule has 0 aliphatic carbocycles. The molecule has 15 heavy (non-hydrogen) atoms. The fourth-order valence-corrected chi connectivity index (χ4v) is 0.959. The molecule has 0 spiro atoms. The molecular formula is C10H11ClN2O2. The number of carbonyl (C=O) groups is 1. The van der Waals surface area contributed by atoms with E-state index in [1.807, 2.05) is 18.2 Å². The van der Waals surface area contributed by atoms with Gasteiger partial charge < -0.3 is 4.74 Å². The number of anilines is 1. The van der Waals surface area contributed by atoms with Crippen LogP contribution in [0.3, 0.4) is 0 Å². The SMILES string of the molecule is CCOC(=O)/C(Cl)=N\Nc1ccccc1. The second-order valence-corrected chi connectivity index (χ2v) is 2.96. The van der Waals surface area contributed by atoms with Crippen LogP contribution in [0.5, 0.6) is 0 Å². The highest BCUT2D eigenvalue weighted by Crippen LogP contribution is 2.05. The Labute approximate surface area is 92.9 Å². The summed E-state index contributed by atoms with van der Waals surface area (Å²) in [6, 6.07) is 9.17.